The van der Waals surface area contributed by atoms with Gasteiger partial charge < -0.3 is 11.5 Å². The second-order valence-electron chi connectivity index (χ2n) is 3.08. The Morgan fingerprint density at radius 3 is 2.69 bits per heavy atom. The van der Waals surface area contributed by atoms with Crippen molar-refractivity contribution in [2.24, 2.45) is 11.5 Å². The van der Waals surface area contributed by atoms with Gasteiger partial charge in [0, 0.05) is 12.7 Å². The molecule has 2 heterocycles. The quantitative estimate of drug-likeness (QED) is 0.701. The molecule has 0 aromatic carbocycles. The number of primary amides is 1. The molecular formula is C9H10N6O. The highest BCUT2D eigenvalue weighted by Gasteiger charge is 2.06. The summed E-state index contributed by atoms with van der Waals surface area (Å²) < 4.78 is 1.42. The van der Waals surface area contributed by atoms with Crippen molar-refractivity contribution in [1.82, 2.24) is 19.7 Å². The van der Waals surface area contributed by atoms with Gasteiger partial charge in [-0.2, -0.15) is 5.10 Å². The van der Waals surface area contributed by atoms with E-state index in [1.54, 1.807) is 12.4 Å². The number of carbonyl (C=O) groups is 1. The van der Waals surface area contributed by atoms with Gasteiger partial charge in [-0.3, -0.25) is 9.78 Å². The Hall–Kier alpha value is -2.28. The fraction of sp³-hybridized carbons (Fsp3) is 0.111. The third kappa shape index (κ3) is 1.89. The van der Waals surface area contributed by atoms with Crippen molar-refractivity contribution in [3.05, 3.63) is 36.0 Å². The molecule has 0 spiro atoms. The van der Waals surface area contributed by atoms with E-state index in [0.717, 1.165) is 0 Å². The summed E-state index contributed by atoms with van der Waals surface area (Å²) in [5, 5.41) is 3.94. The fourth-order valence-corrected chi connectivity index (χ4v) is 1.15. The van der Waals surface area contributed by atoms with Gasteiger partial charge in [-0.25, -0.2) is 9.67 Å². The molecule has 0 unspecified atom stereocenters. The van der Waals surface area contributed by atoms with Crippen LogP contribution in [0.1, 0.15) is 16.2 Å². The fourth-order valence-electron chi connectivity index (χ4n) is 1.15. The normalized spacial score (nSPS) is 10.3. The molecule has 0 bridgehead atoms. The highest BCUT2D eigenvalue weighted by atomic mass is 16.1. The van der Waals surface area contributed by atoms with Crippen LogP contribution >= 0.6 is 0 Å². The number of aromatic nitrogens is 4. The highest BCUT2D eigenvalue weighted by Crippen LogP contribution is 2.03. The lowest BCUT2D eigenvalue weighted by molar-refractivity contribution is 0.0995. The van der Waals surface area contributed by atoms with Gasteiger partial charge in [0.2, 0.25) is 0 Å². The molecular weight excluding hydrogens is 208 g/mol. The van der Waals surface area contributed by atoms with E-state index in [1.807, 2.05) is 0 Å². The topological polar surface area (TPSA) is 113 Å². The minimum atomic E-state index is -0.578. The van der Waals surface area contributed by atoms with Gasteiger partial charge in [0.1, 0.15) is 5.69 Å². The lowest BCUT2D eigenvalue weighted by Gasteiger charge is -2.00. The lowest BCUT2D eigenvalue weighted by atomic mass is 10.4. The molecule has 4 N–H and O–H groups in total. The van der Waals surface area contributed by atoms with E-state index in [4.69, 9.17) is 11.5 Å². The van der Waals surface area contributed by atoms with Gasteiger partial charge in [-0.1, -0.05) is 0 Å². The minimum Gasteiger partial charge on any atom is -0.364 e. The molecule has 0 radical (unpaired) electrons. The summed E-state index contributed by atoms with van der Waals surface area (Å²) >= 11 is 0. The van der Waals surface area contributed by atoms with Crippen LogP contribution in [0, 0.1) is 0 Å². The van der Waals surface area contributed by atoms with E-state index in [9.17, 15) is 4.79 Å². The van der Waals surface area contributed by atoms with Crippen molar-refractivity contribution in [1.29, 1.82) is 0 Å². The average Bonchev–Trinajstić information content (AvgIpc) is 2.78. The smallest absolute Gasteiger partial charge is 0.269 e. The largest absolute Gasteiger partial charge is 0.364 e. The molecule has 2 rings (SSSR count). The predicted molar refractivity (Wildman–Crippen MR) is 55.6 cm³/mol. The van der Waals surface area contributed by atoms with Crippen LogP contribution in [0.2, 0.25) is 0 Å². The zero-order valence-electron chi connectivity index (χ0n) is 8.37. The molecule has 7 nitrogen and oxygen atoms in total. The van der Waals surface area contributed by atoms with E-state index >= 15 is 0 Å². The number of hydrogen-bond acceptors (Lipinski definition) is 5. The van der Waals surface area contributed by atoms with Gasteiger partial charge in [0.25, 0.3) is 5.91 Å². The number of amides is 1. The summed E-state index contributed by atoms with van der Waals surface area (Å²) in [7, 11) is 0. The van der Waals surface area contributed by atoms with Gasteiger partial charge >= 0.3 is 0 Å². The van der Waals surface area contributed by atoms with Gasteiger partial charge in [0.15, 0.2) is 5.82 Å². The summed E-state index contributed by atoms with van der Waals surface area (Å²) in [6.45, 7) is 0.332. The van der Waals surface area contributed by atoms with E-state index in [1.165, 1.54) is 16.9 Å². The molecule has 0 fully saturated rings. The molecule has 0 saturated carbocycles. The van der Waals surface area contributed by atoms with Crippen molar-refractivity contribution in [2.75, 3.05) is 0 Å². The van der Waals surface area contributed by atoms with Crippen molar-refractivity contribution in [2.45, 2.75) is 6.54 Å². The Kier molecular flexibility index (Phi) is 2.61. The minimum absolute atomic E-state index is 0.185. The molecule has 2 aromatic rings. The van der Waals surface area contributed by atoms with Crippen LogP contribution in [0.25, 0.3) is 5.82 Å². The van der Waals surface area contributed by atoms with E-state index in [-0.39, 0.29) is 5.69 Å². The zero-order valence-corrected chi connectivity index (χ0v) is 8.37. The van der Waals surface area contributed by atoms with Crippen LogP contribution in [-0.2, 0) is 6.54 Å². The molecule has 1 amide bonds. The first-order valence-corrected chi connectivity index (χ1v) is 4.57. The Morgan fingerprint density at radius 2 is 2.19 bits per heavy atom. The van der Waals surface area contributed by atoms with Crippen molar-refractivity contribution >= 4 is 5.91 Å². The van der Waals surface area contributed by atoms with E-state index in [2.05, 4.69) is 15.1 Å². The van der Waals surface area contributed by atoms with Gasteiger partial charge in [-0.05, 0) is 6.07 Å². The molecule has 2 aromatic heterocycles. The standard InChI is InChI=1S/C9H10N6O/c10-3-6-4-13-8(5-12-6)15-2-1-7(14-15)9(11)16/h1-2,4-5H,3,10H2,(H2,11,16). The number of nitrogens with two attached hydrogens (primary N) is 2. The SMILES string of the molecule is NCc1cnc(-n2ccc(C(N)=O)n2)cn1. The lowest BCUT2D eigenvalue weighted by Crippen LogP contribution is -2.12. The molecule has 82 valence electrons. The summed E-state index contributed by atoms with van der Waals surface area (Å²) in [5.41, 5.74) is 11.4. The predicted octanol–water partition coefficient (Wildman–Crippen LogP) is -0.780. The van der Waals surface area contributed by atoms with Crippen molar-refractivity contribution < 1.29 is 4.79 Å². The molecule has 0 aliphatic rings. The third-order valence-electron chi connectivity index (χ3n) is 1.98. The second-order valence-corrected chi connectivity index (χ2v) is 3.08. The first kappa shape index (κ1) is 10.2. The summed E-state index contributed by atoms with van der Waals surface area (Å²) in [6.07, 6.45) is 4.67. The number of rotatable bonds is 3. The van der Waals surface area contributed by atoms with E-state index < -0.39 is 5.91 Å². The summed E-state index contributed by atoms with van der Waals surface area (Å²) in [6, 6.07) is 1.51. The monoisotopic (exact) mass is 218 g/mol. The molecule has 0 aliphatic heterocycles. The Labute approximate surface area is 91.1 Å². The first-order valence-electron chi connectivity index (χ1n) is 4.57. The Bertz CT molecular complexity index is 503. The summed E-state index contributed by atoms with van der Waals surface area (Å²) in [4.78, 5) is 19.0. The van der Waals surface area contributed by atoms with Gasteiger partial charge in [0.05, 0.1) is 18.1 Å². The van der Waals surface area contributed by atoms with Crippen LogP contribution in [-0.4, -0.2) is 25.7 Å². The van der Waals surface area contributed by atoms with Crippen molar-refractivity contribution in [3.8, 4) is 5.82 Å². The zero-order chi connectivity index (χ0) is 11.5. The number of hydrogen-bond donors (Lipinski definition) is 2. The summed E-state index contributed by atoms with van der Waals surface area (Å²) in [5.74, 6) is -0.0741. The second kappa shape index (κ2) is 4.07. The third-order valence-corrected chi connectivity index (χ3v) is 1.98. The Balaban J connectivity index is 2.31. The first-order chi connectivity index (χ1) is 7.70. The molecule has 0 atom stereocenters. The van der Waals surface area contributed by atoms with Crippen LogP contribution in [0.15, 0.2) is 24.7 Å². The van der Waals surface area contributed by atoms with Crippen LogP contribution in [0.5, 0.6) is 0 Å². The van der Waals surface area contributed by atoms with Crippen LogP contribution < -0.4 is 11.5 Å². The number of nitrogens with zero attached hydrogens (tertiary/aromatic N) is 4. The van der Waals surface area contributed by atoms with Gasteiger partial charge in [-0.15, -0.1) is 0 Å². The molecule has 7 heteroatoms. The van der Waals surface area contributed by atoms with Crippen molar-refractivity contribution in [3.63, 3.8) is 0 Å². The average molecular weight is 218 g/mol. The maximum Gasteiger partial charge on any atom is 0.269 e. The molecule has 0 saturated heterocycles. The maximum absolute atomic E-state index is 10.8. The Morgan fingerprint density at radius 1 is 1.38 bits per heavy atom. The highest BCUT2D eigenvalue weighted by molar-refractivity contribution is 5.90. The van der Waals surface area contributed by atoms with Crippen LogP contribution in [0.4, 0.5) is 0 Å². The van der Waals surface area contributed by atoms with Crippen LogP contribution in [0.3, 0.4) is 0 Å². The maximum atomic E-state index is 10.8. The molecule has 16 heavy (non-hydrogen) atoms. The number of carbonyl (C=O) groups excluding carboxylic acids is 1. The van der Waals surface area contributed by atoms with E-state index in [0.29, 0.717) is 18.1 Å². The molecule has 0 aliphatic carbocycles.